The van der Waals surface area contributed by atoms with Crippen LogP contribution in [0.5, 0.6) is 5.75 Å². The number of nitrogens with one attached hydrogen (secondary N) is 2. The van der Waals surface area contributed by atoms with Gasteiger partial charge in [0.2, 0.25) is 0 Å². The highest BCUT2D eigenvalue weighted by Gasteiger charge is 2.29. The van der Waals surface area contributed by atoms with Crippen LogP contribution in [0.25, 0.3) is 0 Å². The SMILES string of the molecule is O=C(Nc1ccc(C(F)(F)F)cc1)Nc1cc(F)c(O)c(F)c1. The summed E-state index contributed by atoms with van der Waals surface area (Å²) in [6.07, 6.45) is -4.50. The smallest absolute Gasteiger partial charge is 0.416 e. The van der Waals surface area contributed by atoms with Gasteiger partial charge in [-0.3, -0.25) is 0 Å². The van der Waals surface area contributed by atoms with Crippen LogP contribution in [-0.4, -0.2) is 11.1 Å². The quantitative estimate of drug-likeness (QED) is 0.566. The van der Waals surface area contributed by atoms with E-state index < -0.39 is 35.2 Å². The molecule has 0 fully saturated rings. The number of hydrogen-bond acceptors (Lipinski definition) is 2. The lowest BCUT2D eigenvalue weighted by Gasteiger charge is -2.10. The molecule has 0 aliphatic carbocycles. The molecule has 0 saturated heterocycles. The minimum Gasteiger partial charge on any atom is -0.503 e. The van der Waals surface area contributed by atoms with Crippen molar-refractivity contribution in [3.63, 3.8) is 0 Å². The van der Waals surface area contributed by atoms with E-state index >= 15 is 0 Å². The number of rotatable bonds is 2. The second-order valence-corrected chi connectivity index (χ2v) is 4.44. The topological polar surface area (TPSA) is 61.4 Å². The van der Waals surface area contributed by atoms with Crippen molar-refractivity contribution in [1.82, 2.24) is 0 Å². The molecule has 3 N–H and O–H groups in total. The third kappa shape index (κ3) is 4.09. The van der Waals surface area contributed by atoms with Gasteiger partial charge in [0, 0.05) is 23.5 Å². The van der Waals surface area contributed by atoms with Crippen molar-refractivity contribution in [2.75, 3.05) is 10.6 Å². The van der Waals surface area contributed by atoms with Gasteiger partial charge in [0.1, 0.15) is 0 Å². The third-order valence-electron chi connectivity index (χ3n) is 2.74. The van der Waals surface area contributed by atoms with E-state index in [0.29, 0.717) is 12.1 Å². The first kappa shape index (κ1) is 16.5. The zero-order chi connectivity index (χ0) is 17.2. The minimum atomic E-state index is -4.50. The first-order valence-corrected chi connectivity index (χ1v) is 6.10. The van der Waals surface area contributed by atoms with E-state index in [4.69, 9.17) is 5.11 Å². The number of urea groups is 1. The molecule has 2 amide bonds. The molecule has 0 unspecified atom stereocenters. The number of carbonyl (C=O) groups excluding carboxylic acids is 1. The van der Waals surface area contributed by atoms with E-state index in [2.05, 4.69) is 10.6 Å². The highest BCUT2D eigenvalue weighted by atomic mass is 19.4. The van der Waals surface area contributed by atoms with E-state index in [-0.39, 0.29) is 11.4 Å². The highest BCUT2D eigenvalue weighted by molar-refractivity contribution is 5.99. The van der Waals surface area contributed by atoms with Crippen molar-refractivity contribution >= 4 is 17.4 Å². The van der Waals surface area contributed by atoms with Crippen molar-refractivity contribution in [1.29, 1.82) is 0 Å². The second-order valence-electron chi connectivity index (χ2n) is 4.44. The number of benzene rings is 2. The molecule has 2 aromatic rings. The molecule has 122 valence electrons. The summed E-state index contributed by atoms with van der Waals surface area (Å²) >= 11 is 0. The monoisotopic (exact) mass is 332 g/mol. The largest absolute Gasteiger partial charge is 0.503 e. The molecule has 0 aliphatic heterocycles. The van der Waals surface area contributed by atoms with Gasteiger partial charge in [-0.1, -0.05) is 0 Å². The summed E-state index contributed by atoms with van der Waals surface area (Å²) in [5, 5.41) is 13.2. The maximum atomic E-state index is 13.1. The first-order valence-electron chi connectivity index (χ1n) is 6.10. The summed E-state index contributed by atoms with van der Waals surface area (Å²) in [5.74, 6) is -3.72. The fourth-order valence-electron chi connectivity index (χ4n) is 1.67. The third-order valence-corrected chi connectivity index (χ3v) is 2.74. The Morgan fingerprint density at radius 1 is 0.913 bits per heavy atom. The summed E-state index contributed by atoms with van der Waals surface area (Å²) in [5.41, 5.74) is -1.11. The summed E-state index contributed by atoms with van der Waals surface area (Å²) in [4.78, 5) is 11.6. The molecule has 0 heterocycles. The van der Waals surface area contributed by atoms with Crippen molar-refractivity contribution < 1.29 is 31.9 Å². The number of amides is 2. The number of halogens is 5. The molecular formula is C14H9F5N2O2. The van der Waals surface area contributed by atoms with E-state index in [9.17, 15) is 26.7 Å². The van der Waals surface area contributed by atoms with E-state index in [1.807, 2.05) is 0 Å². The van der Waals surface area contributed by atoms with E-state index in [1.165, 1.54) is 0 Å². The number of carbonyl (C=O) groups is 1. The summed E-state index contributed by atoms with van der Waals surface area (Å²) in [7, 11) is 0. The number of aromatic hydroxyl groups is 1. The fraction of sp³-hybridized carbons (Fsp3) is 0.0714. The fourth-order valence-corrected chi connectivity index (χ4v) is 1.67. The van der Waals surface area contributed by atoms with Gasteiger partial charge >= 0.3 is 12.2 Å². The molecule has 0 spiro atoms. The second kappa shape index (κ2) is 6.11. The number of alkyl halides is 3. The Kier molecular flexibility index (Phi) is 4.39. The van der Waals surface area contributed by atoms with Crippen LogP contribution in [-0.2, 0) is 6.18 Å². The van der Waals surface area contributed by atoms with Gasteiger partial charge in [0.15, 0.2) is 17.4 Å². The van der Waals surface area contributed by atoms with E-state index in [0.717, 1.165) is 24.3 Å². The predicted octanol–water partition coefficient (Wildman–Crippen LogP) is 4.33. The zero-order valence-corrected chi connectivity index (χ0v) is 11.2. The number of phenols is 1. The van der Waals surface area contributed by atoms with Gasteiger partial charge in [0.25, 0.3) is 0 Å². The first-order chi connectivity index (χ1) is 10.7. The molecule has 4 nitrogen and oxygen atoms in total. The van der Waals surface area contributed by atoms with Gasteiger partial charge in [-0.05, 0) is 24.3 Å². The average molecular weight is 332 g/mol. The highest BCUT2D eigenvalue weighted by Crippen LogP contribution is 2.30. The van der Waals surface area contributed by atoms with Crippen molar-refractivity contribution in [2.24, 2.45) is 0 Å². The Labute approximate surface area is 126 Å². The molecule has 2 rings (SSSR count). The molecule has 0 saturated carbocycles. The normalized spacial score (nSPS) is 11.2. The molecule has 23 heavy (non-hydrogen) atoms. The Balaban J connectivity index is 2.05. The molecule has 9 heteroatoms. The summed E-state index contributed by atoms with van der Waals surface area (Å²) < 4.78 is 63.4. The lowest BCUT2D eigenvalue weighted by molar-refractivity contribution is -0.137. The van der Waals surface area contributed by atoms with Gasteiger partial charge in [0.05, 0.1) is 5.56 Å². The Morgan fingerprint density at radius 2 is 1.39 bits per heavy atom. The number of hydrogen-bond donors (Lipinski definition) is 3. The average Bonchev–Trinajstić information content (AvgIpc) is 2.44. The Bertz CT molecular complexity index is 706. The Morgan fingerprint density at radius 3 is 1.87 bits per heavy atom. The summed E-state index contributed by atoms with van der Waals surface area (Å²) in [6, 6.07) is 4.05. The van der Waals surface area contributed by atoms with Crippen LogP contribution in [0.1, 0.15) is 5.56 Å². The van der Waals surface area contributed by atoms with Crippen molar-refractivity contribution in [3.05, 3.63) is 53.6 Å². The lowest BCUT2D eigenvalue weighted by Crippen LogP contribution is -2.19. The number of anilines is 2. The van der Waals surface area contributed by atoms with Crippen LogP contribution in [0.4, 0.5) is 38.1 Å². The molecular weight excluding hydrogens is 323 g/mol. The molecule has 0 aliphatic rings. The van der Waals surface area contributed by atoms with Crippen LogP contribution in [0.2, 0.25) is 0 Å². The van der Waals surface area contributed by atoms with Gasteiger partial charge in [-0.15, -0.1) is 0 Å². The summed E-state index contributed by atoms with van der Waals surface area (Å²) in [6.45, 7) is 0. The van der Waals surface area contributed by atoms with Crippen LogP contribution in [0.3, 0.4) is 0 Å². The molecule has 0 aromatic heterocycles. The van der Waals surface area contributed by atoms with Crippen LogP contribution < -0.4 is 10.6 Å². The van der Waals surface area contributed by atoms with Gasteiger partial charge < -0.3 is 15.7 Å². The predicted molar refractivity (Wildman–Crippen MR) is 72.1 cm³/mol. The maximum Gasteiger partial charge on any atom is 0.416 e. The standard InChI is InChI=1S/C14H9F5N2O2/c15-10-5-9(6-11(16)12(10)22)21-13(23)20-8-3-1-7(2-4-8)14(17,18)19/h1-6,22H,(H2,20,21,23). The lowest BCUT2D eigenvalue weighted by atomic mass is 10.2. The molecule has 0 bridgehead atoms. The van der Waals surface area contributed by atoms with Crippen LogP contribution >= 0.6 is 0 Å². The molecule has 0 radical (unpaired) electrons. The van der Waals surface area contributed by atoms with Crippen LogP contribution in [0.15, 0.2) is 36.4 Å². The van der Waals surface area contributed by atoms with Gasteiger partial charge in [-0.25, -0.2) is 13.6 Å². The molecule has 0 atom stereocenters. The number of phenolic OH excluding ortho intramolecular Hbond substituents is 1. The Hall–Kier alpha value is -2.84. The minimum absolute atomic E-state index is 0.0511. The molecule has 2 aromatic carbocycles. The van der Waals surface area contributed by atoms with E-state index in [1.54, 1.807) is 0 Å². The zero-order valence-electron chi connectivity index (χ0n) is 11.2. The van der Waals surface area contributed by atoms with Crippen molar-refractivity contribution in [3.8, 4) is 5.75 Å². The maximum absolute atomic E-state index is 13.1. The van der Waals surface area contributed by atoms with Crippen molar-refractivity contribution in [2.45, 2.75) is 6.18 Å². The van der Waals surface area contributed by atoms with Gasteiger partial charge in [-0.2, -0.15) is 13.2 Å². The van der Waals surface area contributed by atoms with Crippen LogP contribution in [0, 0.1) is 11.6 Å².